The van der Waals surface area contributed by atoms with E-state index in [0.29, 0.717) is 6.61 Å². The van der Waals surface area contributed by atoms with E-state index in [2.05, 4.69) is 40.2 Å². The Bertz CT molecular complexity index is 549. The quantitative estimate of drug-likeness (QED) is 0.810. The van der Waals surface area contributed by atoms with Gasteiger partial charge in [-0.2, -0.15) is 0 Å². The molecular formula is C16H15BrO. The number of rotatable bonds is 3. The Hall–Kier alpha value is -1.28. The fourth-order valence-corrected chi connectivity index (χ4v) is 3.15. The summed E-state index contributed by atoms with van der Waals surface area (Å²) < 4.78 is 7.05. The summed E-state index contributed by atoms with van der Waals surface area (Å²) in [6.45, 7) is 0.623. The summed E-state index contributed by atoms with van der Waals surface area (Å²) in [5.74, 6) is 0.958. The van der Waals surface area contributed by atoms with Crippen molar-refractivity contribution in [3.8, 4) is 5.75 Å². The zero-order valence-corrected chi connectivity index (χ0v) is 11.7. The molecule has 0 saturated carbocycles. The van der Waals surface area contributed by atoms with Crippen molar-refractivity contribution in [2.45, 2.75) is 25.9 Å². The van der Waals surface area contributed by atoms with Crippen molar-refractivity contribution in [2.75, 3.05) is 0 Å². The first-order chi connectivity index (χ1) is 8.84. The third kappa shape index (κ3) is 2.30. The molecule has 0 aromatic heterocycles. The SMILES string of the molecule is Brc1c(OCc2ccccc2)ccc2c1CCC2. The minimum absolute atomic E-state index is 0.623. The van der Waals surface area contributed by atoms with E-state index in [9.17, 15) is 0 Å². The van der Waals surface area contributed by atoms with Crippen LogP contribution < -0.4 is 4.74 Å². The molecule has 2 heteroatoms. The molecule has 0 heterocycles. The summed E-state index contributed by atoms with van der Waals surface area (Å²) in [6.07, 6.45) is 3.63. The van der Waals surface area contributed by atoms with E-state index < -0.39 is 0 Å². The Labute approximate surface area is 116 Å². The Morgan fingerprint density at radius 2 is 1.83 bits per heavy atom. The van der Waals surface area contributed by atoms with Crippen LogP contribution in [0.3, 0.4) is 0 Å². The Morgan fingerprint density at radius 1 is 1.00 bits per heavy atom. The zero-order valence-electron chi connectivity index (χ0n) is 10.2. The maximum Gasteiger partial charge on any atom is 0.134 e. The normalized spacial score (nSPS) is 13.4. The predicted octanol–water partition coefficient (Wildman–Crippen LogP) is 4.52. The Morgan fingerprint density at radius 3 is 2.67 bits per heavy atom. The van der Waals surface area contributed by atoms with Gasteiger partial charge in [-0.3, -0.25) is 0 Å². The fraction of sp³-hybridized carbons (Fsp3) is 0.250. The molecule has 1 aliphatic carbocycles. The maximum absolute atomic E-state index is 5.90. The molecule has 3 rings (SSSR count). The van der Waals surface area contributed by atoms with E-state index >= 15 is 0 Å². The van der Waals surface area contributed by atoms with Crippen LogP contribution in [0.1, 0.15) is 23.1 Å². The molecule has 2 aromatic rings. The van der Waals surface area contributed by atoms with Crippen LogP contribution in [0.15, 0.2) is 46.9 Å². The van der Waals surface area contributed by atoms with E-state index in [1.807, 2.05) is 18.2 Å². The van der Waals surface area contributed by atoms with Crippen molar-refractivity contribution in [1.29, 1.82) is 0 Å². The van der Waals surface area contributed by atoms with Crippen LogP contribution in [-0.4, -0.2) is 0 Å². The molecule has 1 aliphatic rings. The van der Waals surface area contributed by atoms with Gasteiger partial charge in [-0.05, 0) is 57.9 Å². The molecule has 0 fully saturated rings. The van der Waals surface area contributed by atoms with Gasteiger partial charge in [-0.25, -0.2) is 0 Å². The third-order valence-electron chi connectivity index (χ3n) is 3.41. The van der Waals surface area contributed by atoms with Gasteiger partial charge in [0.1, 0.15) is 12.4 Å². The van der Waals surface area contributed by atoms with E-state index in [-0.39, 0.29) is 0 Å². The second-order valence-corrected chi connectivity index (χ2v) is 5.44. The summed E-state index contributed by atoms with van der Waals surface area (Å²) >= 11 is 3.68. The lowest BCUT2D eigenvalue weighted by atomic mass is 10.1. The molecule has 0 N–H and O–H groups in total. The molecule has 0 saturated heterocycles. The molecule has 0 radical (unpaired) electrons. The van der Waals surface area contributed by atoms with Crippen molar-refractivity contribution in [3.63, 3.8) is 0 Å². The minimum atomic E-state index is 0.623. The summed E-state index contributed by atoms with van der Waals surface area (Å²) in [5.41, 5.74) is 4.10. The molecule has 0 amide bonds. The molecule has 0 unspecified atom stereocenters. The van der Waals surface area contributed by atoms with Crippen LogP contribution in [0, 0.1) is 0 Å². The molecule has 18 heavy (non-hydrogen) atoms. The maximum atomic E-state index is 5.90. The van der Waals surface area contributed by atoms with E-state index in [1.54, 1.807) is 0 Å². The number of fused-ring (bicyclic) bond motifs is 1. The first-order valence-electron chi connectivity index (χ1n) is 6.31. The predicted molar refractivity (Wildman–Crippen MR) is 76.9 cm³/mol. The van der Waals surface area contributed by atoms with E-state index in [0.717, 1.165) is 10.2 Å². The molecule has 0 bridgehead atoms. The lowest BCUT2D eigenvalue weighted by Gasteiger charge is -2.11. The molecule has 0 aliphatic heterocycles. The second-order valence-electron chi connectivity index (χ2n) is 4.64. The van der Waals surface area contributed by atoms with Crippen LogP contribution in [0.2, 0.25) is 0 Å². The van der Waals surface area contributed by atoms with Gasteiger partial charge < -0.3 is 4.74 Å². The topological polar surface area (TPSA) is 9.23 Å². The molecule has 92 valence electrons. The highest BCUT2D eigenvalue weighted by molar-refractivity contribution is 9.10. The molecule has 0 atom stereocenters. The van der Waals surface area contributed by atoms with Crippen LogP contribution in [0.4, 0.5) is 0 Å². The van der Waals surface area contributed by atoms with Gasteiger partial charge >= 0.3 is 0 Å². The number of aryl methyl sites for hydroxylation is 1. The van der Waals surface area contributed by atoms with E-state index in [4.69, 9.17) is 4.74 Å². The number of hydrogen-bond donors (Lipinski definition) is 0. The third-order valence-corrected chi connectivity index (χ3v) is 4.28. The van der Waals surface area contributed by atoms with Crippen molar-refractivity contribution in [2.24, 2.45) is 0 Å². The largest absolute Gasteiger partial charge is 0.488 e. The lowest BCUT2D eigenvalue weighted by molar-refractivity contribution is 0.304. The van der Waals surface area contributed by atoms with Crippen LogP contribution in [-0.2, 0) is 19.4 Å². The van der Waals surface area contributed by atoms with Crippen molar-refractivity contribution in [1.82, 2.24) is 0 Å². The van der Waals surface area contributed by atoms with Gasteiger partial charge in [0.25, 0.3) is 0 Å². The zero-order chi connectivity index (χ0) is 12.4. The average Bonchev–Trinajstić information content (AvgIpc) is 2.88. The highest BCUT2D eigenvalue weighted by Crippen LogP contribution is 2.36. The first kappa shape index (κ1) is 11.8. The number of halogens is 1. The van der Waals surface area contributed by atoms with Gasteiger partial charge in [-0.1, -0.05) is 36.4 Å². The van der Waals surface area contributed by atoms with Gasteiger partial charge in [0.15, 0.2) is 0 Å². The van der Waals surface area contributed by atoms with Crippen molar-refractivity contribution < 1.29 is 4.74 Å². The lowest BCUT2D eigenvalue weighted by Crippen LogP contribution is -1.97. The second kappa shape index (κ2) is 5.15. The summed E-state index contributed by atoms with van der Waals surface area (Å²) in [6, 6.07) is 14.6. The molecule has 0 spiro atoms. The minimum Gasteiger partial charge on any atom is -0.488 e. The highest BCUT2D eigenvalue weighted by Gasteiger charge is 2.16. The standard InChI is InChI=1S/C16H15BrO/c17-16-14-8-4-7-13(14)9-10-15(16)18-11-12-5-2-1-3-6-12/h1-3,5-6,9-10H,4,7-8,11H2. The first-order valence-corrected chi connectivity index (χ1v) is 7.11. The Kier molecular flexibility index (Phi) is 3.37. The van der Waals surface area contributed by atoms with Crippen LogP contribution in [0.5, 0.6) is 5.75 Å². The number of benzene rings is 2. The fourth-order valence-electron chi connectivity index (χ4n) is 2.45. The number of hydrogen-bond acceptors (Lipinski definition) is 1. The van der Waals surface area contributed by atoms with Gasteiger partial charge in [-0.15, -0.1) is 0 Å². The van der Waals surface area contributed by atoms with Crippen molar-refractivity contribution >= 4 is 15.9 Å². The van der Waals surface area contributed by atoms with Crippen molar-refractivity contribution in [3.05, 3.63) is 63.6 Å². The van der Waals surface area contributed by atoms with Gasteiger partial charge in [0.2, 0.25) is 0 Å². The van der Waals surface area contributed by atoms with Gasteiger partial charge in [0.05, 0.1) is 4.47 Å². The van der Waals surface area contributed by atoms with Crippen LogP contribution >= 0.6 is 15.9 Å². The highest BCUT2D eigenvalue weighted by atomic mass is 79.9. The molecule has 1 nitrogen and oxygen atoms in total. The number of ether oxygens (including phenoxy) is 1. The Balaban J connectivity index is 1.78. The van der Waals surface area contributed by atoms with Crippen LogP contribution in [0.25, 0.3) is 0 Å². The summed E-state index contributed by atoms with van der Waals surface area (Å²) in [7, 11) is 0. The molecule has 2 aromatic carbocycles. The van der Waals surface area contributed by atoms with E-state index in [1.165, 1.54) is 36.0 Å². The molecular weight excluding hydrogens is 288 g/mol. The summed E-state index contributed by atoms with van der Waals surface area (Å²) in [4.78, 5) is 0. The monoisotopic (exact) mass is 302 g/mol. The van der Waals surface area contributed by atoms with Gasteiger partial charge in [0, 0.05) is 0 Å². The summed E-state index contributed by atoms with van der Waals surface area (Å²) in [5, 5.41) is 0. The average molecular weight is 303 g/mol. The smallest absolute Gasteiger partial charge is 0.134 e.